The molecule has 7 heteroatoms. The smallest absolute Gasteiger partial charge is 0.295 e. The highest BCUT2D eigenvalue weighted by atomic mass is 35.5. The Morgan fingerprint density at radius 2 is 1.71 bits per heavy atom. The van der Waals surface area contributed by atoms with Crippen molar-refractivity contribution in [3.8, 4) is 5.75 Å². The van der Waals surface area contributed by atoms with Gasteiger partial charge in [0.15, 0.2) is 5.43 Å². The molecule has 0 saturated heterocycles. The summed E-state index contributed by atoms with van der Waals surface area (Å²) in [5, 5.41) is 10.9. The van der Waals surface area contributed by atoms with Crippen molar-refractivity contribution in [2.24, 2.45) is 0 Å². The third-order valence-electron chi connectivity index (χ3n) is 5.47. The minimum absolute atomic E-state index is 0.0189. The summed E-state index contributed by atoms with van der Waals surface area (Å²) in [6.07, 6.45) is 0. The molecule has 0 saturated carbocycles. The van der Waals surface area contributed by atoms with E-state index in [0.29, 0.717) is 26.7 Å². The van der Waals surface area contributed by atoms with Crippen LogP contribution in [0.3, 0.4) is 0 Å². The summed E-state index contributed by atoms with van der Waals surface area (Å²) >= 11 is 12.4. The van der Waals surface area contributed by atoms with E-state index in [-0.39, 0.29) is 28.1 Å². The monoisotopic (exact) mass is 451 g/mol. The van der Waals surface area contributed by atoms with E-state index in [0.717, 1.165) is 5.56 Å². The maximum atomic E-state index is 13.5. The summed E-state index contributed by atoms with van der Waals surface area (Å²) in [4.78, 5) is 28.5. The van der Waals surface area contributed by atoms with Crippen molar-refractivity contribution in [2.75, 3.05) is 4.90 Å². The van der Waals surface area contributed by atoms with Gasteiger partial charge < -0.3 is 9.52 Å². The molecule has 1 aliphatic heterocycles. The van der Waals surface area contributed by atoms with Crippen LogP contribution in [-0.4, -0.2) is 11.0 Å². The Kier molecular flexibility index (Phi) is 4.54. The maximum Gasteiger partial charge on any atom is 0.295 e. The summed E-state index contributed by atoms with van der Waals surface area (Å²) in [5.41, 5.74) is 2.23. The normalized spacial score (nSPS) is 15.5. The molecule has 31 heavy (non-hydrogen) atoms. The number of hydrogen-bond donors (Lipinski definition) is 1. The molecule has 3 aromatic carbocycles. The first kappa shape index (κ1) is 19.7. The zero-order chi connectivity index (χ0) is 21.9. The van der Waals surface area contributed by atoms with Crippen LogP contribution in [0.4, 0.5) is 5.69 Å². The summed E-state index contributed by atoms with van der Waals surface area (Å²) in [6, 6.07) is 15.6. The number of carbonyl (C=O) groups excluding carboxylic acids is 1. The molecule has 5 rings (SSSR count). The summed E-state index contributed by atoms with van der Waals surface area (Å²) < 4.78 is 5.90. The zero-order valence-electron chi connectivity index (χ0n) is 16.2. The van der Waals surface area contributed by atoms with Crippen LogP contribution in [0.15, 0.2) is 69.9 Å². The van der Waals surface area contributed by atoms with Gasteiger partial charge in [-0.3, -0.25) is 14.5 Å². The molecular weight excluding hydrogens is 437 g/mol. The van der Waals surface area contributed by atoms with Crippen LogP contribution >= 0.6 is 23.2 Å². The first-order chi connectivity index (χ1) is 14.8. The fourth-order valence-corrected chi connectivity index (χ4v) is 4.26. The number of amides is 1. The molecular formula is C24H15Cl2NO4. The maximum absolute atomic E-state index is 13.5. The largest absolute Gasteiger partial charge is 0.508 e. The Hall–Kier alpha value is -3.28. The third kappa shape index (κ3) is 3.09. The molecule has 1 atom stereocenters. The zero-order valence-corrected chi connectivity index (χ0v) is 17.7. The van der Waals surface area contributed by atoms with Gasteiger partial charge in [-0.25, -0.2) is 0 Å². The molecule has 1 unspecified atom stereocenters. The summed E-state index contributed by atoms with van der Waals surface area (Å²) in [5.74, 6) is -0.382. The van der Waals surface area contributed by atoms with E-state index in [4.69, 9.17) is 27.6 Å². The van der Waals surface area contributed by atoms with Gasteiger partial charge in [-0.2, -0.15) is 0 Å². The third-order valence-corrected chi connectivity index (χ3v) is 6.12. The lowest BCUT2D eigenvalue weighted by Gasteiger charge is -2.25. The van der Waals surface area contributed by atoms with E-state index in [1.807, 2.05) is 13.0 Å². The van der Waals surface area contributed by atoms with Crippen molar-refractivity contribution in [3.05, 3.63) is 103 Å². The molecule has 0 aliphatic carbocycles. The predicted octanol–water partition coefficient (Wildman–Crippen LogP) is 5.86. The first-order valence-electron chi connectivity index (χ1n) is 9.50. The first-order valence-corrected chi connectivity index (χ1v) is 10.3. The van der Waals surface area contributed by atoms with Crippen molar-refractivity contribution >= 4 is 45.8 Å². The second kappa shape index (κ2) is 7.15. The van der Waals surface area contributed by atoms with E-state index < -0.39 is 11.9 Å². The Balaban J connectivity index is 1.82. The number of hydrogen-bond acceptors (Lipinski definition) is 4. The van der Waals surface area contributed by atoms with Gasteiger partial charge in [0.25, 0.3) is 5.91 Å². The van der Waals surface area contributed by atoms with Gasteiger partial charge in [-0.1, -0.05) is 41.4 Å². The molecule has 0 spiro atoms. The van der Waals surface area contributed by atoms with Gasteiger partial charge >= 0.3 is 0 Å². The van der Waals surface area contributed by atoms with Gasteiger partial charge in [0, 0.05) is 15.7 Å². The molecule has 1 aromatic heterocycles. The highest BCUT2D eigenvalue weighted by molar-refractivity contribution is 6.32. The number of aryl methyl sites for hydroxylation is 1. The average molecular weight is 452 g/mol. The molecule has 1 amide bonds. The van der Waals surface area contributed by atoms with Gasteiger partial charge in [0.2, 0.25) is 5.76 Å². The molecule has 0 radical (unpaired) electrons. The minimum Gasteiger partial charge on any atom is -0.508 e. The number of anilines is 1. The fourth-order valence-electron chi connectivity index (χ4n) is 3.92. The number of fused-ring (bicyclic) bond motifs is 2. The topological polar surface area (TPSA) is 70.8 Å². The van der Waals surface area contributed by atoms with Crippen LogP contribution in [0.2, 0.25) is 10.0 Å². The molecule has 1 N–H and O–H groups in total. The number of benzene rings is 3. The van der Waals surface area contributed by atoms with E-state index >= 15 is 0 Å². The van der Waals surface area contributed by atoms with Crippen molar-refractivity contribution in [1.29, 1.82) is 0 Å². The molecule has 4 aromatic rings. The van der Waals surface area contributed by atoms with Crippen LogP contribution in [0.25, 0.3) is 11.0 Å². The number of aromatic hydroxyl groups is 1. The summed E-state index contributed by atoms with van der Waals surface area (Å²) in [7, 11) is 0. The van der Waals surface area contributed by atoms with E-state index in [1.54, 1.807) is 36.4 Å². The predicted molar refractivity (Wildman–Crippen MR) is 120 cm³/mol. The van der Waals surface area contributed by atoms with Gasteiger partial charge in [0.05, 0.1) is 17.0 Å². The number of halogens is 2. The number of phenols is 1. The lowest BCUT2D eigenvalue weighted by Crippen LogP contribution is -2.29. The Morgan fingerprint density at radius 1 is 0.968 bits per heavy atom. The Bertz CT molecular complexity index is 1430. The lowest BCUT2D eigenvalue weighted by atomic mass is 9.98. The molecule has 0 bridgehead atoms. The molecule has 2 heterocycles. The molecule has 5 nitrogen and oxygen atoms in total. The molecule has 154 valence electrons. The molecule has 1 aliphatic rings. The standard InChI is InChI=1S/C24H15Cl2NO4/c1-12-2-6-15(11-18(12)26)27-21(13-3-7-16(28)8-4-13)20-22(29)17-10-14(25)5-9-19(17)31-23(20)24(27)30/h2-11,21,28H,1H3. The van der Waals surface area contributed by atoms with Gasteiger partial charge in [-0.05, 0) is 60.5 Å². The van der Waals surface area contributed by atoms with Gasteiger partial charge in [0.1, 0.15) is 11.3 Å². The number of nitrogens with zero attached hydrogens (tertiary/aromatic N) is 1. The second-order valence-corrected chi connectivity index (χ2v) is 8.26. The fraction of sp³-hybridized carbons (Fsp3) is 0.0833. The summed E-state index contributed by atoms with van der Waals surface area (Å²) in [6.45, 7) is 1.87. The molecule has 0 fully saturated rings. The number of rotatable bonds is 2. The highest BCUT2D eigenvalue weighted by Gasteiger charge is 2.43. The van der Waals surface area contributed by atoms with Crippen LogP contribution in [0.5, 0.6) is 5.75 Å². The van der Waals surface area contributed by atoms with E-state index in [1.165, 1.54) is 23.1 Å². The van der Waals surface area contributed by atoms with Crippen LogP contribution in [0, 0.1) is 6.92 Å². The van der Waals surface area contributed by atoms with Crippen molar-refractivity contribution < 1.29 is 14.3 Å². The lowest BCUT2D eigenvalue weighted by molar-refractivity contribution is 0.0971. The highest BCUT2D eigenvalue weighted by Crippen LogP contribution is 2.42. The van der Waals surface area contributed by atoms with Crippen molar-refractivity contribution in [2.45, 2.75) is 13.0 Å². The van der Waals surface area contributed by atoms with Crippen molar-refractivity contribution in [1.82, 2.24) is 0 Å². The number of phenolic OH excluding ortho intramolecular Hbond substituents is 1. The van der Waals surface area contributed by atoms with E-state index in [9.17, 15) is 14.7 Å². The Labute approximate surface area is 187 Å². The average Bonchev–Trinajstić information content (AvgIpc) is 3.04. The van der Waals surface area contributed by atoms with Crippen LogP contribution in [0.1, 0.15) is 33.3 Å². The Morgan fingerprint density at radius 3 is 2.42 bits per heavy atom. The van der Waals surface area contributed by atoms with Crippen LogP contribution in [-0.2, 0) is 0 Å². The quantitative estimate of drug-likeness (QED) is 0.414. The van der Waals surface area contributed by atoms with Gasteiger partial charge in [-0.15, -0.1) is 0 Å². The number of carbonyl (C=O) groups is 1. The van der Waals surface area contributed by atoms with Crippen LogP contribution < -0.4 is 10.3 Å². The second-order valence-electron chi connectivity index (χ2n) is 7.42. The SMILES string of the molecule is Cc1ccc(N2C(=O)c3oc4ccc(Cl)cc4c(=O)c3C2c2ccc(O)cc2)cc1Cl. The van der Waals surface area contributed by atoms with Crippen molar-refractivity contribution in [3.63, 3.8) is 0 Å². The minimum atomic E-state index is -0.749. The van der Waals surface area contributed by atoms with E-state index in [2.05, 4.69) is 0 Å².